The molecule has 0 aromatic rings. The van der Waals surface area contributed by atoms with Gasteiger partial charge in [-0.1, -0.05) is 0 Å². The van der Waals surface area contributed by atoms with Crippen LogP contribution < -0.4 is 0 Å². The van der Waals surface area contributed by atoms with Crippen molar-refractivity contribution >= 4 is 11.6 Å². The number of hydrogen-bond acceptors (Lipinski definition) is 1. The summed E-state index contributed by atoms with van der Waals surface area (Å²) in [7, 11) is 0. The normalized spacial score (nSPS) is 67.8. The highest BCUT2D eigenvalue weighted by Crippen LogP contribution is 2.85. The number of rotatable bonds is 2. The predicted molar refractivity (Wildman–Crippen MR) is 38.7 cm³/mol. The Morgan fingerprint density at radius 1 is 1.00 bits per heavy atom. The van der Waals surface area contributed by atoms with E-state index >= 15 is 0 Å². The molecule has 0 aromatic carbocycles. The zero-order valence-corrected chi connectivity index (χ0v) is 6.46. The van der Waals surface area contributed by atoms with Gasteiger partial charge in [0.15, 0.2) is 0 Å². The zero-order chi connectivity index (χ0) is 6.88. The van der Waals surface area contributed by atoms with Gasteiger partial charge in [0.1, 0.15) is 0 Å². The Hall–Kier alpha value is 0.250. The average molecular weight is 159 g/mol. The third-order valence-electron chi connectivity index (χ3n) is 3.87. The number of fused-ring (bicyclic) bond motifs is 1. The molecule has 4 aliphatic rings. The minimum Gasteiger partial charge on any atom is -0.396 e. The van der Waals surface area contributed by atoms with Crippen LogP contribution in [0.15, 0.2) is 0 Å². The molecule has 6 atom stereocenters. The van der Waals surface area contributed by atoms with Crippen molar-refractivity contribution in [3.63, 3.8) is 0 Å². The fraction of sp³-hybridized carbons (Fsp3) is 1.00. The molecule has 1 nitrogen and oxygen atoms in total. The summed E-state index contributed by atoms with van der Waals surface area (Å²) in [4.78, 5) is 0. The van der Waals surface area contributed by atoms with Crippen molar-refractivity contribution in [2.24, 2.45) is 35.5 Å². The molecule has 0 saturated heterocycles. The van der Waals surface area contributed by atoms with E-state index in [0.717, 1.165) is 29.6 Å². The molecule has 0 heterocycles. The second kappa shape index (κ2) is 1.54. The average Bonchev–Trinajstić information content (AvgIpc) is 2.78. The van der Waals surface area contributed by atoms with Crippen LogP contribution in [0.1, 0.15) is 0 Å². The standard InChI is InChI=1S/C8H11ClO/c9-1-3-4(2-10)6-7-5(3)8(6)7/h3-8,10H,1-2H2/t3-,4+,5?,6?,7+,8?/m1/s1. The third kappa shape index (κ3) is 0.417. The summed E-state index contributed by atoms with van der Waals surface area (Å²) in [6.07, 6.45) is 0. The minimum atomic E-state index is 0.381. The van der Waals surface area contributed by atoms with Crippen molar-refractivity contribution in [3.05, 3.63) is 0 Å². The second-order valence-corrected chi connectivity index (χ2v) is 4.28. The van der Waals surface area contributed by atoms with Gasteiger partial charge in [0.05, 0.1) is 0 Å². The van der Waals surface area contributed by atoms with E-state index in [1.54, 1.807) is 0 Å². The molecule has 0 amide bonds. The van der Waals surface area contributed by atoms with Crippen molar-refractivity contribution < 1.29 is 5.11 Å². The first kappa shape index (κ1) is 5.84. The van der Waals surface area contributed by atoms with E-state index in [2.05, 4.69) is 0 Å². The molecule has 1 N–H and O–H groups in total. The summed E-state index contributed by atoms with van der Waals surface area (Å²) in [5.74, 6) is 5.91. The molecule has 10 heavy (non-hydrogen) atoms. The highest BCUT2D eigenvalue weighted by molar-refractivity contribution is 6.18. The Labute approximate surface area is 65.4 Å². The van der Waals surface area contributed by atoms with Gasteiger partial charge in [-0.15, -0.1) is 11.6 Å². The van der Waals surface area contributed by atoms with Crippen LogP contribution in [0.3, 0.4) is 0 Å². The first-order chi connectivity index (χ1) is 4.90. The molecule has 2 heteroatoms. The van der Waals surface area contributed by atoms with E-state index in [9.17, 15) is 0 Å². The van der Waals surface area contributed by atoms with Gasteiger partial charge in [-0.3, -0.25) is 0 Å². The van der Waals surface area contributed by atoms with E-state index in [0.29, 0.717) is 18.4 Å². The van der Waals surface area contributed by atoms with Crippen LogP contribution in [0, 0.1) is 35.5 Å². The van der Waals surface area contributed by atoms with Crippen molar-refractivity contribution in [1.82, 2.24) is 0 Å². The molecular weight excluding hydrogens is 148 g/mol. The molecule has 4 rings (SSSR count). The highest BCUT2D eigenvalue weighted by atomic mass is 35.5. The molecule has 4 saturated carbocycles. The van der Waals surface area contributed by atoms with Crippen molar-refractivity contribution in [2.75, 3.05) is 12.5 Å². The SMILES string of the molecule is OC[C@@H]1C2C3C([C@H]32)[C@@H]1CCl. The number of alkyl halides is 1. The van der Waals surface area contributed by atoms with Crippen LogP contribution in [0.5, 0.6) is 0 Å². The van der Waals surface area contributed by atoms with E-state index in [-0.39, 0.29) is 0 Å². The highest BCUT2D eigenvalue weighted by Gasteiger charge is 2.83. The van der Waals surface area contributed by atoms with Crippen LogP contribution in [-0.4, -0.2) is 17.6 Å². The Balaban J connectivity index is 1.83. The Kier molecular flexibility index (Phi) is 0.897. The molecule has 56 valence electrons. The van der Waals surface area contributed by atoms with Crippen LogP contribution in [0.2, 0.25) is 0 Å². The van der Waals surface area contributed by atoms with Gasteiger partial charge >= 0.3 is 0 Å². The molecule has 0 aromatic heterocycles. The molecule has 0 spiro atoms. The minimum absolute atomic E-state index is 0.381. The summed E-state index contributed by atoms with van der Waals surface area (Å²) in [5.41, 5.74) is 0. The van der Waals surface area contributed by atoms with E-state index in [1.165, 1.54) is 0 Å². The lowest BCUT2D eigenvalue weighted by molar-refractivity contribution is 0.196. The summed E-state index contributed by atoms with van der Waals surface area (Å²) >= 11 is 5.81. The van der Waals surface area contributed by atoms with Gasteiger partial charge in [-0.05, 0) is 35.5 Å². The lowest BCUT2D eigenvalue weighted by atomic mass is 9.99. The number of halogens is 1. The van der Waals surface area contributed by atoms with Crippen LogP contribution >= 0.6 is 11.6 Å². The monoisotopic (exact) mass is 158 g/mol. The van der Waals surface area contributed by atoms with Gasteiger partial charge in [-0.25, -0.2) is 0 Å². The largest absolute Gasteiger partial charge is 0.396 e. The Morgan fingerprint density at radius 3 is 2.00 bits per heavy atom. The molecular formula is C8H11ClO. The first-order valence-electron chi connectivity index (χ1n) is 4.07. The molecule has 4 aliphatic carbocycles. The molecule has 2 bridgehead atoms. The molecule has 0 radical (unpaired) electrons. The van der Waals surface area contributed by atoms with Gasteiger partial charge in [0, 0.05) is 12.5 Å². The van der Waals surface area contributed by atoms with Crippen LogP contribution in [0.25, 0.3) is 0 Å². The predicted octanol–water partition coefficient (Wildman–Crippen LogP) is 0.956. The smallest absolute Gasteiger partial charge is 0.0465 e. The topological polar surface area (TPSA) is 20.2 Å². The zero-order valence-electron chi connectivity index (χ0n) is 5.70. The molecule has 4 fully saturated rings. The Bertz CT molecular complexity index is 154. The molecule has 0 aliphatic heterocycles. The summed E-state index contributed by atoms with van der Waals surface area (Å²) in [5, 5.41) is 9.02. The first-order valence-corrected chi connectivity index (χ1v) is 4.60. The van der Waals surface area contributed by atoms with E-state index in [4.69, 9.17) is 16.7 Å². The lowest BCUT2D eigenvalue weighted by Gasteiger charge is -2.11. The summed E-state index contributed by atoms with van der Waals surface area (Å²) in [6, 6.07) is 0. The second-order valence-electron chi connectivity index (χ2n) is 3.97. The maximum atomic E-state index is 9.02. The van der Waals surface area contributed by atoms with Crippen LogP contribution in [-0.2, 0) is 0 Å². The van der Waals surface area contributed by atoms with Crippen LogP contribution in [0.4, 0.5) is 0 Å². The van der Waals surface area contributed by atoms with Crippen molar-refractivity contribution in [1.29, 1.82) is 0 Å². The quantitative estimate of drug-likeness (QED) is 0.594. The fourth-order valence-electron chi connectivity index (χ4n) is 3.32. The van der Waals surface area contributed by atoms with Gasteiger partial charge in [-0.2, -0.15) is 0 Å². The number of aliphatic hydroxyl groups is 1. The van der Waals surface area contributed by atoms with E-state index < -0.39 is 0 Å². The number of hydrogen-bond donors (Lipinski definition) is 1. The third-order valence-corrected chi connectivity index (χ3v) is 4.22. The van der Waals surface area contributed by atoms with E-state index in [1.807, 2.05) is 0 Å². The maximum absolute atomic E-state index is 9.02. The summed E-state index contributed by atoms with van der Waals surface area (Å²) in [6.45, 7) is 0.381. The molecule has 3 unspecified atom stereocenters. The fourth-order valence-corrected chi connectivity index (χ4v) is 3.76. The lowest BCUT2D eigenvalue weighted by Crippen LogP contribution is -2.14. The van der Waals surface area contributed by atoms with Crippen molar-refractivity contribution in [2.45, 2.75) is 0 Å². The van der Waals surface area contributed by atoms with Gasteiger partial charge in [0.25, 0.3) is 0 Å². The Morgan fingerprint density at radius 2 is 1.60 bits per heavy atom. The number of aliphatic hydroxyl groups excluding tert-OH is 1. The van der Waals surface area contributed by atoms with Gasteiger partial charge < -0.3 is 5.11 Å². The van der Waals surface area contributed by atoms with Gasteiger partial charge in [0.2, 0.25) is 0 Å². The van der Waals surface area contributed by atoms with Crippen molar-refractivity contribution in [3.8, 4) is 0 Å². The summed E-state index contributed by atoms with van der Waals surface area (Å²) < 4.78 is 0. The maximum Gasteiger partial charge on any atom is 0.0465 e.